The molecule has 0 bridgehead atoms. The summed E-state index contributed by atoms with van der Waals surface area (Å²) in [5.74, 6) is -1.70. The van der Waals surface area contributed by atoms with E-state index in [9.17, 15) is 20.0 Å². The second kappa shape index (κ2) is 6.49. The lowest BCUT2D eigenvalue weighted by molar-refractivity contribution is -0.384. The van der Waals surface area contributed by atoms with Crippen LogP contribution in [0.4, 0.5) is 5.69 Å². The van der Waals surface area contributed by atoms with Crippen LogP contribution in [0.25, 0.3) is 0 Å². The molecule has 108 valence electrons. The van der Waals surface area contributed by atoms with E-state index in [1.165, 1.54) is 12.1 Å². The van der Waals surface area contributed by atoms with E-state index in [1.54, 1.807) is 30.3 Å². The summed E-state index contributed by atoms with van der Waals surface area (Å²) in [7, 11) is 0. The first-order valence-corrected chi connectivity index (χ1v) is 6.98. The van der Waals surface area contributed by atoms with E-state index < -0.39 is 16.8 Å². The van der Waals surface area contributed by atoms with Gasteiger partial charge in [-0.3, -0.25) is 14.9 Å². The minimum absolute atomic E-state index is 0.0362. The molecule has 21 heavy (non-hydrogen) atoms. The van der Waals surface area contributed by atoms with Crippen LogP contribution in [0.5, 0.6) is 0 Å². The highest BCUT2D eigenvalue weighted by molar-refractivity contribution is 9.10. The quantitative estimate of drug-likeness (QED) is 0.658. The molecule has 5 nitrogen and oxygen atoms in total. The van der Waals surface area contributed by atoms with Crippen molar-refractivity contribution < 1.29 is 14.8 Å². The number of carbonyl (C=O) groups is 1. The lowest BCUT2D eigenvalue weighted by Crippen LogP contribution is -2.14. The van der Waals surface area contributed by atoms with Gasteiger partial charge in [-0.05, 0) is 29.7 Å². The monoisotopic (exact) mass is 349 g/mol. The van der Waals surface area contributed by atoms with Crippen molar-refractivity contribution in [1.82, 2.24) is 0 Å². The van der Waals surface area contributed by atoms with Gasteiger partial charge in [-0.1, -0.05) is 40.2 Å². The number of non-ortho nitro benzene ring substituents is 1. The smallest absolute Gasteiger partial charge is 0.311 e. The molecule has 0 saturated heterocycles. The number of nitrogens with zero attached hydrogens (tertiary/aromatic N) is 1. The number of benzene rings is 2. The van der Waals surface area contributed by atoms with Crippen molar-refractivity contribution in [3.8, 4) is 0 Å². The molecule has 0 radical (unpaired) electrons. The third-order valence-corrected chi connectivity index (χ3v) is 3.60. The normalized spacial score (nSPS) is 11.9. The van der Waals surface area contributed by atoms with Crippen molar-refractivity contribution in [2.24, 2.45) is 0 Å². The average Bonchev–Trinajstić information content (AvgIpc) is 2.44. The van der Waals surface area contributed by atoms with E-state index in [1.807, 2.05) is 6.07 Å². The number of hydrogen-bond acceptors (Lipinski definition) is 3. The van der Waals surface area contributed by atoms with Gasteiger partial charge >= 0.3 is 5.97 Å². The highest BCUT2D eigenvalue weighted by Gasteiger charge is 2.21. The Bertz CT molecular complexity index is 687. The second-order valence-electron chi connectivity index (χ2n) is 4.58. The molecule has 0 aliphatic heterocycles. The Morgan fingerprint density at radius 1 is 1.24 bits per heavy atom. The summed E-state index contributed by atoms with van der Waals surface area (Å²) >= 11 is 3.31. The molecule has 1 N–H and O–H groups in total. The SMILES string of the molecule is O=C(O)C(Cc1cccc([N+](=O)[O-])c1)c1cccc(Br)c1. The zero-order chi connectivity index (χ0) is 15.4. The zero-order valence-electron chi connectivity index (χ0n) is 10.9. The number of rotatable bonds is 5. The van der Waals surface area contributed by atoms with Crippen molar-refractivity contribution in [3.63, 3.8) is 0 Å². The van der Waals surface area contributed by atoms with Crippen molar-refractivity contribution in [2.75, 3.05) is 0 Å². The standard InChI is InChI=1S/C15H12BrNO4/c16-12-5-2-4-11(9-12)14(15(18)19)8-10-3-1-6-13(7-10)17(20)21/h1-7,9,14H,8H2,(H,18,19). The average molecular weight is 350 g/mol. The summed E-state index contributed by atoms with van der Waals surface area (Å²) in [6, 6.07) is 13.1. The molecule has 0 aliphatic rings. The first kappa shape index (κ1) is 15.2. The van der Waals surface area contributed by atoms with Crippen molar-refractivity contribution in [3.05, 3.63) is 74.2 Å². The molecule has 2 rings (SSSR count). The Hall–Kier alpha value is -2.21. The molecule has 2 aromatic rings. The molecular formula is C15H12BrNO4. The molecule has 0 heterocycles. The number of carboxylic acids is 1. The van der Waals surface area contributed by atoms with E-state index in [2.05, 4.69) is 15.9 Å². The van der Waals surface area contributed by atoms with Gasteiger partial charge in [0.15, 0.2) is 0 Å². The highest BCUT2D eigenvalue weighted by atomic mass is 79.9. The molecule has 6 heteroatoms. The third-order valence-electron chi connectivity index (χ3n) is 3.11. The summed E-state index contributed by atoms with van der Waals surface area (Å²) < 4.78 is 0.797. The molecule has 2 aromatic carbocycles. The number of hydrogen-bond donors (Lipinski definition) is 1. The van der Waals surface area contributed by atoms with E-state index in [4.69, 9.17) is 0 Å². The summed E-state index contributed by atoms with van der Waals surface area (Å²) in [5, 5.41) is 20.2. The molecule has 0 spiro atoms. The lowest BCUT2D eigenvalue weighted by atomic mass is 9.92. The van der Waals surface area contributed by atoms with Crippen LogP contribution in [0, 0.1) is 10.1 Å². The Morgan fingerprint density at radius 2 is 1.95 bits per heavy atom. The third kappa shape index (κ3) is 3.88. The largest absolute Gasteiger partial charge is 0.481 e. The molecule has 1 unspecified atom stereocenters. The van der Waals surface area contributed by atoms with E-state index >= 15 is 0 Å². The first-order valence-electron chi connectivity index (χ1n) is 6.19. The van der Waals surface area contributed by atoms with E-state index in [0.717, 1.165) is 4.47 Å². The summed E-state index contributed by atoms with van der Waals surface area (Å²) in [6.07, 6.45) is 0.202. The molecule has 1 atom stereocenters. The summed E-state index contributed by atoms with van der Waals surface area (Å²) in [6.45, 7) is 0. The zero-order valence-corrected chi connectivity index (χ0v) is 12.5. The predicted molar refractivity (Wildman–Crippen MR) is 81.3 cm³/mol. The highest BCUT2D eigenvalue weighted by Crippen LogP contribution is 2.25. The fraction of sp³-hybridized carbons (Fsp3) is 0.133. The Balaban J connectivity index is 2.31. The number of carboxylic acid groups (broad SMARTS) is 1. The summed E-state index contributed by atoms with van der Waals surface area (Å²) in [4.78, 5) is 21.8. The maximum absolute atomic E-state index is 11.5. The van der Waals surface area contributed by atoms with Gasteiger partial charge < -0.3 is 5.11 Å². The molecule has 0 aromatic heterocycles. The molecule has 0 aliphatic carbocycles. The Morgan fingerprint density at radius 3 is 2.57 bits per heavy atom. The number of nitro benzene ring substituents is 1. The maximum Gasteiger partial charge on any atom is 0.311 e. The number of aliphatic carboxylic acids is 1. The Kier molecular flexibility index (Phi) is 4.70. The lowest BCUT2D eigenvalue weighted by Gasteiger charge is -2.13. The van der Waals surface area contributed by atoms with Gasteiger partial charge in [-0.15, -0.1) is 0 Å². The van der Waals surface area contributed by atoms with Crippen LogP contribution in [0.1, 0.15) is 17.0 Å². The van der Waals surface area contributed by atoms with Crippen molar-refractivity contribution >= 4 is 27.6 Å². The van der Waals surface area contributed by atoms with Gasteiger partial charge in [0.05, 0.1) is 10.8 Å². The topological polar surface area (TPSA) is 80.4 Å². The molecule has 0 fully saturated rings. The van der Waals surface area contributed by atoms with Gasteiger partial charge in [0, 0.05) is 16.6 Å². The van der Waals surface area contributed by atoms with Gasteiger partial charge in [-0.25, -0.2) is 0 Å². The van der Waals surface area contributed by atoms with E-state index in [0.29, 0.717) is 11.1 Å². The predicted octanol–water partition coefficient (Wildman–Crippen LogP) is 3.77. The van der Waals surface area contributed by atoms with Gasteiger partial charge in [-0.2, -0.15) is 0 Å². The van der Waals surface area contributed by atoms with Crippen LogP contribution in [0.2, 0.25) is 0 Å². The van der Waals surface area contributed by atoms with Crippen LogP contribution in [0.15, 0.2) is 53.0 Å². The minimum Gasteiger partial charge on any atom is -0.481 e. The van der Waals surface area contributed by atoms with Crippen molar-refractivity contribution in [2.45, 2.75) is 12.3 Å². The maximum atomic E-state index is 11.5. The molecular weight excluding hydrogens is 338 g/mol. The number of halogens is 1. The molecule has 0 amide bonds. The molecule has 0 saturated carbocycles. The fourth-order valence-corrected chi connectivity index (χ4v) is 2.52. The minimum atomic E-state index is -0.959. The first-order chi connectivity index (χ1) is 9.97. The second-order valence-corrected chi connectivity index (χ2v) is 5.49. The number of nitro groups is 1. The van der Waals surface area contributed by atoms with E-state index in [-0.39, 0.29) is 12.1 Å². The van der Waals surface area contributed by atoms with Crippen LogP contribution in [-0.2, 0) is 11.2 Å². The van der Waals surface area contributed by atoms with Crippen LogP contribution in [-0.4, -0.2) is 16.0 Å². The van der Waals surface area contributed by atoms with Gasteiger partial charge in [0.1, 0.15) is 0 Å². The summed E-state index contributed by atoms with van der Waals surface area (Å²) in [5.41, 5.74) is 1.24. The van der Waals surface area contributed by atoms with Gasteiger partial charge in [0.25, 0.3) is 5.69 Å². The Labute approximate surface area is 129 Å². The van der Waals surface area contributed by atoms with Crippen molar-refractivity contribution in [1.29, 1.82) is 0 Å². The fourth-order valence-electron chi connectivity index (χ4n) is 2.10. The van der Waals surface area contributed by atoms with Crippen LogP contribution in [0.3, 0.4) is 0 Å². The van der Waals surface area contributed by atoms with Crippen LogP contribution >= 0.6 is 15.9 Å². The van der Waals surface area contributed by atoms with Gasteiger partial charge in [0.2, 0.25) is 0 Å². The van der Waals surface area contributed by atoms with Crippen LogP contribution < -0.4 is 0 Å².